The highest BCUT2D eigenvalue weighted by Gasteiger charge is 2.28. The van der Waals surface area contributed by atoms with Crippen LogP contribution in [0.5, 0.6) is 5.75 Å². The maximum atomic E-state index is 11.1. The zero-order valence-corrected chi connectivity index (χ0v) is 11.0. The van der Waals surface area contributed by atoms with Gasteiger partial charge in [-0.1, -0.05) is 0 Å². The molecule has 1 aromatic carbocycles. The lowest BCUT2D eigenvalue weighted by Crippen LogP contribution is -2.42. The van der Waals surface area contributed by atoms with E-state index in [2.05, 4.69) is 5.32 Å². The fourth-order valence-electron chi connectivity index (χ4n) is 1.83. The first kappa shape index (κ1) is 14.3. The normalized spacial score (nSPS) is 15.7. The van der Waals surface area contributed by atoms with Crippen molar-refractivity contribution < 1.29 is 19.6 Å². The molecule has 0 radical (unpaired) electrons. The van der Waals surface area contributed by atoms with Crippen LogP contribution < -0.4 is 10.1 Å². The first-order valence-corrected chi connectivity index (χ1v) is 6.34. The van der Waals surface area contributed by atoms with Crippen molar-refractivity contribution >= 4 is 11.7 Å². The Labute approximate surface area is 115 Å². The molecule has 1 aliphatic rings. The Morgan fingerprint density at radius 2 is 2.30 bits per heavy atom. The second-order valence-corrected chi connectivity index (χ2v) is 4.85. The molecule has 7 nitrogen and oxygen atoms in total. The average molecular weight is 280 g/mol. The van der Waals surface area contributed by atoms with Gasteiger partial charge in [-0.05, 0) is 31.9 Å². The average Bonchev–Trinajstić information content (AvgIpc) is 3.17. The second-order valence-electron chi connectivity index (χ2n) is 4.85. The van der Waals surface area contributed by atoms with Crippen LogP contribution in [0.4, 0.5) is 5.69 Å². The lowest BCUT2D eigenvalue weighted by molar-refractivity contribution is -0.385. The minimum absolute atomic E-state index is 0.0108. The molecular weight excluding hydrogens is 264 g/mol. The first-order valence-electron chi connectivity index (χ1n) is 6.34. The van der Waals surface area contributed by atoms with E-state index in [1.807, 2.05) is 0 Å². The monoisotopic (exact) mass is 280 g/mol. The summed E-state index contributed by atoms with van der Waals surface area (Å²) in [6, 6.07) is 3.86. The number of rotatable bonds is 7. The number of ether oxygens (including phenoxy) is 1. The van der Waals surface area contributed by atoms with E-state index in [0.717, 1.165) is 12.8 Å². The minimum atomic E-state index is -0.962. The van der Waals surface area contributed by atoms with Gasteiger partial charge in [0.15, 0.2) is 0 Å². The Morgan fingerprint density at radius 1 is 1.60 bits per heavy atom. The molecule has 0 aliphatic heterocycles. The maximum absolute atomic E-state index is 11.1. The Kier molecular flexibility index (Phi) is 4.19. The predicted octanol–water partition coefficient (Wildman–Crippen LogP) is 1.49. The van der Waals surface area contributed by atoms with Crippen LogP contribution in [0.25, 0.3) is 0 Å². The molecule has 0 saturated heterocycles. The van der Waals surface area contributed by atoms with Crippen molar-refractivity contribution in [2.45, 2.75) is 31.8 Å². The number of benzene rings is 1. The van der Waals surface area contributed by atoms with E-state index < -0.39 is 16.9 Å². The van der Waals surface area contributed by atoms with Gasteiger partial charge in [0, 0.05) is 17.7 Å². The lowest BCUT2D eigenvalue weighted by atomic mass is 10.2. The van der Waals surface area contributed by atoms with E-state index >= 15 is 0 Å². The van der Waals surface area contributed by atoms with Gasteiger partial charge in [-0.2, -0.15) is 0 Å². The summed E-state index contributed by atoms with van der Waals surface area (Å²) in [4.78, 5) is 21.3. The lowest BCUT2D eigenvalue weighted by Gasteiger charge is -2.15. The summed E-state index contributed by atoms with van der Waals surface area (Å²) >= 11 is 0. The summed E-state index contributed by atoms with van der Waals surface area (Å²) in [6.07, 6.45) is 1.97. The van der Waals surface area contributed by atoms with E-state index in [-0.39, 0.29) is 18.3 Å². The Morgan fingerprint density at radius 3 is 2.80 bits per heavy atom. The number of carboxylic acid groups (broad SMARTS) is 1. The number of nitrogens with zero attached hydrogens (tertiary/aromatic N) is 1. The Bertz CT molecular complexity index is 527. The van der Waals surface area contributed by atoms with Crippen LogP contribution in [0.2, 0.25) is 0 Å². The Balaban J connectivity index is 1.96. The molecule has 1 saturated carbocycles. The van der Waals surface area contributed by atoms with Gasteiger partial charge in [0.05, 0.1) is 4.92 Å². The third-order valence-corrected chi connectivity index (χ3v) is 3.09. The SMILES string of the molecule is Cc1cc(OCC(NC2CC2)C(=O)O)ccc1[N+](=O)[O-]. The van der Waals surface area contributed by atoms with Gasteiger partial charge < -0.3 is 9.84 Å². The Hall–Kier alpha value is -2.15. The van der Waals surface area contributed by atoms with E-state index in [0.29, 0.717) is 11.3 Å². The number of nitrogens with one attached hydrogen (secondary N) is 1. The predicted molar refractivity (Wildman–Crippen MR) is 70.9 cm³/mol. The molecule has 0 heterocycles. The molecule has 7 heteroatoms. The van der Waals surface area contributed by atoms with Crippen molar-refractivity contribution in [1.29, 1.82) is 0 Å². The summed E-state index contributed by atoms with van der Waals surface area (Å²) < 4.78 is 5.41. The van der Waals surface area contributed by atoms with Crippen LogP contribution in [-0.2, 0) is 4.79 Å². The van der Waals surface area contributed by atoms with Gasteiger partial charge in [0.25, 0.3) is 5.69 Å². The van der Waals surface area contributed by atoms with Gasteiger partial charge in [0.2, 0.25) is 0 Å². The summed E-state index contributed by atoms with van der Waals surface area (Å²) in [6.45, 7) is 1.60. The molecule has 0 amide bonds. The highest BCUT2D eigenvalue weighted by atomic mass is 16.6. The topological polar surface area (TPSA) is 102 Å². The van der Waals surface area contributed by atoms with Gasteiger partial charge >= 0.3 is 5.97 Å². The standard InChI is InChI=1S/C13H16N2O5/c1-8-6-10(4-5-12(8)15(18)19)20-7-11(13(16)17)14-9-2-3-9/h4-6,9,11,14H,2-3,7H2,1H3,(H,16,17). The molecule has 0 spiro atoms. The highest BCUT2D eigenvalue weighted by Crippen LogP contribution is 2.23. The number of aliphatic carboxylic acids is 1. The van der Waals surface area contributed by atoms with Crippen LogP contribution in [0, 0.1) is 17.0 Å². The number of nitro groups is 1. The van der Waals surface area contributed by atoms with E-state index in [1.54, 1.807) is 6.92 Å². The fourth-order valence-corrected chi connectivity index (χ4v) is 1.83. The third kappa shape index (κ3) is 3.67. The van der Waals surface area contributed by atoms with Crippen LogP contribution in [-0.4, -0.2) is 34.7 Å². The van der Waals surface area contributed by atoms with Crippen molar-refractivity contribution in [1.82, 2.24) is 5.32 Å². The number of carbonyl (C=O) groups is 1. The zero-order chi connectivity index (χ0) is 14.7. The van der Waals surface area contributed by atoms with Crippen molar-refractivity contribution in [2.75, 3.05) is 6.61 Å². The molecule has 108 valence electrons. The molecule has 1 aromatic rings. The van der Waals surface area contributed by atoms with Crippen molar-refractivity contribution in [3.8, 4) is 5.75 Å². The fraction of sp³-hybridized carbons (Fsp3) is 0.462. The second kappa shape index (κ2) is 5.87. The molecule has 2 N–H and O–H groups in total. The molecule has 1 aliphatic carbocycles. The summed E-state index contributed by atoms with van der Waals surface area (Å²) in [5.41, 5.74) is 0.498. The zero-order valence-electron chi connectivity index (χ0n) is 11.0. The molecule has 1 fully saturated rings. The van der Waals surface area contributed by atoms with E-state index in [4.69, 9.17) is 9.84 Å². The number of hydrogen-bond acceptors (Lipinski definition) is 5. The molecule has 2 rings (SSSR count). The number of hydrogen-bond donors (Lipinski definition) is 2. The molecule has 0 aromatic heterocycles. The maximum Gasteiger partial charge on any atom is 0.324 e. The van der Waals surface area contributed by atoms with E-state index in [9.17, 15) is 14.9 Å². The quantitative estimate of drug-likeness (QED) is 0.579. The summed E-state index contributed by atoms with van der Waals surface area (Å²) in [5.74, 6) is -0.535. The van der Waals surface area contributed by atoms with Crippen LogP contribution in [0.3, 0.4) is 0 Å². The summed E-state index contributed by atoms with van der Waals surface area (Å²) in [7, 11) is 0. The summed E-state index contributed by atoms with van der Waals surface area (Å²) in [5, 5.41) is 22.7. The van der Waals surface area contributed by atoms with Gasteiger partial charge in [-0.3, -0.25) is 20.2 Å². The van der Waals surface area contributed by atoms with Crippen molar-refractivity contribution in [3.05, 3.63) is 33.9 Å². The van der Waals surface area contributed by atoms with Crippen LogP contribution >= 0.6 is 0 Å². The molecule has 0 bridgehead atoms. The molecule has 20 heavy (non-hydrogen) atoms. The number of aryl methyl sites for hydroxylation is 1. The van der Waals surface area contributed by atoms with Gasteiger partial charge in [-0.15, -0.1) is 0 Å². The number of carboxylic acids is 1. The van der Waals surface area contributed by atoms with Gasteiger partial charge in [0.1, 0.15) is 18.4 Å². The number of nitro benzene ring substituents is 1. The smallest absolute Gasteiger partial charge is 0.324 e. The minimum Gasteiger partial charge on any atom is -0.491 e. The van der Waals surface area contributed by atoms with E-state index in [1.165, 1.54) is 18.2 Å². The van der Waals surface area contributed by atoms with Crippen molar-refractivity contribution in [3.63, 3.8) is 0 Å². The molecule has 1 atom stereocenters. The van der Waals surface area contributed by atoms with Crippen molar-refractivity contribution in [2.24, 2.45) is 0 Å². The van der Waals surface area contributed by atoms with Crippen LogP contribution in [0.1, 0.15) is 18.4 Å². The molecular formula is C13H16N2O5. The first-order chi connectivity index (χ1) is 9.47. The van der Waals surface area contributed by atoms with Crippen LogP contribution in [0.15, 0.2) is 18.2 Å². The highest BCUT2D eigenvalue weighted by molar-refractivity contribution is 5.73. The van der Waals surface area contributed by atoms with Gasteiger partial charge in [-0.25, -0.2) is 0 Å². The third-order valence-electron chi connectivity index (χ3n) is 3.09. The largest absolute Gasteiger partial charge is 0.491 e. The molecule has 1 unspecified atom stereocenters.